The van der Waals surface area contributed by atoms with Crippen molar-refractivity contribution in [3.05, 3.63) is 34.4 Å². The fraction of sp³-hybridized carbons (Fsp3) is 0.333. The Labute approximate surface area is 130 Å². The molecule has 1 atom stereocenters. The summed E-state index contributed by atoms with van der Waals surface area (Å²) in [4.78, 5) is 41.7. The highest BCUT2D eigenvalue weighted by Crippen LogP contribution is 2.24. The number of nitrogen functional groups attached to an aromatic ring is 1. The van der Waals surface area contributed by atoms with Crippen molar-refractivity contribution < 1.29 is 19.2 Å². The Balaban J connectivity index is 2.50. The lowest BCUT2D eigenvalue weighted by Gasteiger charge is -2.24. The zero-order chi connectivity index (χ0) is 21.2. The molecule has 3 rings (SSSR count). The molecule has 0 radical (unpaired) electrons. The maximum atomic E-state index is 13.1. The van der Waals surface area contributed by atoms with Gasteiger partial charge in [-0.2, -0.15) is 0 Å². The van der Waals surface area contributed by atoms with Gasteiger partial charge in [-0.15, -0.1) is 0 Å². The lowest BCUT2D eigenvalue weighted by molar-refractivity contribution is -0.132. The number of Topliss-reactive ketones (excluding diaryl/α,β-unsaturated/α-hetero) is 2. The van der Waals surface area contributed by atoms with Crippen LogP contribution in [0, 0.1) is 6.90 Å². The third-order valence-electron chi connectivity index (χ3n) is 3.06. The number of nitrogens with zero attached hydrogens (tertiary/aromatic N) is 2. The van der Waals surface area contributed by atoms with Crippen LogP contribution in [0.25, 0.3) is 10.9 Å². The molecule has 2 N–H and O–H groups in total. The van der Waals surface area contributed by atoms with Crippen LogP contribution in [0.1, 0.15) is 40.6 Å². The van der Waals surface area contributed by atoms with E-state index in [2.05, 4.69) is 4.98 Å². The molecule has 1 unspecified atom stereocenters. The van der Waals surface area contributed by atoms with E-state index in [1.54, 1.807) is 0 Å². The van der Waals surface area contributed by atoms with Crippen molar-refractivity contribution >= 4 is 28.2 Å². The van der Waals surface area contributed by atoms with Crippen LogP contribution >= 0.6 is 0 Å². The van der Waals surface area contributed by atoms with Crippen molar-refractivity contribution in [2.24, 2.45) is 0 Å². The molecule has 0 saturated heterocycles. The number of aryl methyl sites for hydroxylation is 1. The minimum atomic E-state index is -3.44. The predicted molar refractivity (Wildman–Crippen MR) is 78.1 cm³/mol. The molecular formula is C15H15N3O3. The SMILES string of the molecule is [2H]Cc1nc2ccc([2H])c(N)c2c(=O)n1C1([2H])C(=O)CC(=O)C([2H])([2H])C1([2H])[2H]. The second-order valence-corrected chi connectivity index (χ2v) is 4.44. The number of ketones is 2. The third kappa shape index (κ3) is 2.12. The van der Waals surface area contributed by atoms with Gasteiger partial charge in [0.15, 0.2) is 5.78 Å². The Bertz CT molecular complexity index is 1100. The van der Waals surface area contributed by atoms with Crippen LogP contribution in [-0.4, -0.2) is 21.1 Å². The van der Waals surface area contributed by atoms with E-state index in [-0.39, 0.29) is 22.6 Å². The standard InChI is InChI=1S/C15H15N3O3/c1-8-17-11-4-2-3-10(16)14(11)15(21)18(8)12-6-5-9(19)7-13(12)20/h2-4,12H,5-7,16H2,1H3/i1D,3D,5D2,6D2,12D. The summed E-state index contributed by atoms with van der Waals surface area (Å²) in [6.45, 7) is -0.728. The van der Waals surface area contributed by atoms with Crippen LogP contribution in [0.15, 0.2) is 23.0 Å². The molecule has 6 nitrogen and oxygen atoms in total. The van der Waals surface area contributed by atoms with Crippen LogP contribution in [0.2, 0.25) is 0 Å². The van der Waals surface area contributed by atoms with Crippen molar-refractivity contribution in [3.63, 3.8) is 0 Å². The van der Waals surface area contributed by atoms with Gasteiger partial charge < -0.3 is 5.73 Å². The van der Waals surface area contributed by atoms with Crippen LogP contribution < -0.4 is 11.3 Å². The van der Waals surface area contributed by atoms with E-state index in [9.17, 15) is 14.4 Å². The number of hydrogen-bond acceptors (Lipinski definition) is 5. The normalized spacial score (nSPS) is 32.3. The van der Waals surface area contributed by atoms with Gasteiger partial charge in [-0.3, -0.25) is 19.0 Å². The zero-order valence-electron chi connectivity index (χ0n) is 17.8. The summed E-state index contributed by atoms with van der Waals surface area (Å²) >= 11 is 0. The second-order valence-electron chi connectivity index (χ2n) is 4.44. The number of hydrogen-bond donors (Lipinski definition) is 1. The monoisotopic (exact) mass is 292 g/mol. The first kappa shape index (κ1) is 7.49. The van der Waals surface area contributed by atoms with Crippen molar-refractivity contribution in [1.29, 1.82) is 0 Å². The first-order valence-electron chi connectivity index (χ1n) is 9.70. The van der Waals surface area contributed by atoms with Gasteiger partial charge in [-0.1, -0.05) is 6.07 Å². The Kier molecular flexibility index (Phi) is 1.71. The summed E-state index contributed by atoms with van der Waals surface area (Å²) in [5, 5.41) is -0.350. The number of aromatic nitrogens is 2. The molecule has 1 aliphatic carbocycles. The van der Waals surface area contributed by atoms with Crippen molar-refractivity contribution in [2.45, 2.75) is 32.1 Å². The molecule has 1 aliphatic rings. The molecule has 1 aromatic carbocycles. The zero-order valence-corrected chi connectivity index (χ0v) is 10.8. The van der Waals surface area contributed by atoms with E-state index in [0.717, 1.165) is 0 Å². The van der Waals surface area contributed by atoms with Crippen molar-refractivity contribution in [1.82, 2.24) is 9.55 Å². The third-order valence-corrected chi connectivity index (χ3v) is 3.06. The number of nitrogens with two attached hydrogens (primary N) is 1. The fourth-order valence-electron chi connectivity index (χ4n) is 2.12. The molecule has 1 aromatic heterocycles. The highest BCUT2D eigenvalue weighted by Gasteiger charge is 2.30. The summed E-state index contributed by atoms with van der Waals surface area (Å²) in [6.07, 6.45) is -7.77. The van der Waals surface area contributed by atoms with Crippen LogP contribution in [0.3, 0.4) is 0 Å². The van der Waals surface area contributed by atoms with E-state index in [4.69, 9.17) is 15.3 Å². The molecule has 0 amide bonds. The quantitative estimate of drug-likeness (QED) is 0.628. The maximum Gasteiger partial charge on any atom is 0.264 e. The number of carbonyl (C=O) groups is 2. The Hall–Kier alpha value is -2.50. The van der Waals surface area contributed by atoms with Gasteiger partial charge in [-0.05, 0) is 25.4 Å². The van der Waals surface area contributed by atoms with Crippen LogP contribution in [-0.2, 0) is 9.59 Å². The van der Waals surface area contributed by atoms with Gasteiger partial charge in [0.2, 0.25) is 0 Å². The lowest BCUT2D eigenvalue weighted by Crippen LogP contribution is -2.36. The minimum absolute atomic E-state index is 0.0106. The molecule has 1 saturated carbocycles. The molecule has 1 fully saturated rings. The average molecular weight is 292 g/mol. The molecule has 21 heavy (non-hydrogen) atoms. The Morgan fingerprint density at radius 1 is 1.57 bits per heavy atom. The first-order valence-corrected chi connectivity index (χ1v) is 5.99. The first-order chi connectivity index (χ1) is 12.8. The highest BCUT2D eigenvalue weighted by molar-refractivity contribution is 6.03. The minimum Gasteiger partial charge on any atom is -0.398 e. The van der Waals surface area contributed by atoms with Gasteiger partial charge in [0.05, 0.1) is 26.1 Å². The van der Waals surface area contributed by atoms with Crippen molar-refractivity contribution in [3.8, 4) is 0 Å². The molecule has 2 aromatic rings. The van der Waals surface area contributed by atoms with E-state index in [1.165, 1.54) is 12.1 Å². The summed E-state index contributed by atoms with van der Waals surface area (Å²) in [5.41, 5.74) is 4.29. The van der Waals surface area contributed by atoms with E-state index < -0.39 is 55.0 Å². The smallest absolute Gasteiger partial charge is 0.264 e. The van der Waals surface area contributed by atoms with Gasteiger partial charge in [-0.25, -0.2) is 4.98 Å². The average Bonchev–Trinajstić information content (AvgIpc) is 2.62. The fourth-order valence-corrected chi connectivity index (χ4v) is 2.12. The number of carbonyl (C=O) groups excluding carboxylic acids is 2. The molecule has 0 bridgehead atoms. The molecule has 108 valence electrons. The molecule has 0 aliphatic heterocycles. The topological polar surface area (TPSA) is 95.0 Å². The van der Waals surface area contributed by atoms with Crippen molar-refractivity contribution in [2.75, 3.05) is 5.73 Å². The summed E-state index contributed by atoms with van der Waals surface area (Å²) in [7, 11) is 0. The number of benzene rings is 1. The Morgan fingerprint density at radius 2 is 2.38 bits per heavy atom. The molecule has 6 heteroatoms. The van der Waals surface area contributed by atoms with E-state index in [1.807, 2.05) is 0 Å². The van der Waals surface area contributed by atoms with E-state index in [0.29, 0.717) is 4.57 Å². The van der Waals surface area contributed by atoms with Gasteiger partial charge in [0.1, 0.15) is 11.6 Å². The summed E-state index contributed by atoms with van der Waals surface area (Å²) in [5.74, 6) is -3.14. The van der Waals surface area contributed by atoms with Crippen LogP contribution in [0.5, 0.6) is 0 Å². The number of rotatable bonds is 1. The van der Waals surface area contributed by atoms with E-state index >= 15 is 0 Å². The van der Waals surface area contributed by atoms with Gasteiger partial charge in [0.25, 0.3) is 5.56 Å². The summed E-state index contributed by atoms with van der Waals surface area (Å²) in [6, 6.07) is -0.876. The second kappa shape index (κ2) is 4.80. The molecular weight excluding hydrogens is 270 g/mol. The summed E-state index contributed by atoms with van der Waals surface area (Å²) < 4.78 is 56.0. The number of anilines is 1. The Morgan fingerprint density at radius 3 is 3.14 bits per heavy atom. The largest absolute Gasteiger partial charge is 0.398 e. The lowest BCUT2D eigenvalue weighted by atomic mass is 9.92. The molecule has 0 spiro atoms. The molecule has 1 heterocycles. The predicted octanol–water partition coefficient (Wildman–Crippen LogP) is 1.15. The maximum absolute atomic E-state index is 13.1. The highest BCUT2D eigenvalue weighted by atomic mass is 16.2. The number of fused-ring (bicyclic) bond motifs is 1. The van der Waals surface area contributed by atoms with Gasteiger partial charge in [0, 0.05) is 18.9 Å². The van der Waals surface area contributed by atoms with Crippen LogP contribution in [0.4, 0.5) is 5.69 Å². The van der Waals surface area contributed by atoms with Gasteiger partial charge >= 0.3 is 0 Å².